The Labute approximate surface area is 124 Å². The summed E-state index contributed by atoms with van der Waals surface area (Å²) in [6, 6.07) is 12.6. The summed E-state index contributed by atoms with van der Waals surface area (Å²) in [4.78, 5) is 14.8. The van der Waals surface area contributed by atoms with Crippen LogP contribution >= 0.6 is 0 Å². The summed E-state index contributed by atoms with van der Waals surface area (Å²) in [5.41, 5.74) is 1.04. The van der Waals surface area contributed by atoms with Gasteiger partial charge in [-0.05, 0) is 17.7 Å². The van der Waals surface area contributed by atoms with Gasteiger partial charge in [0.1, 0.15) is 12.2 Å². The molecular weight excluding hydrogens is 270 g/mol. The highest BCUT2D eigenvalue weighted by atomic mass is 16.5. The van der Waals surface area contributed by atoms with E-state index in [1.807, 2.05) is 44.2 Å². The van der Waals surface area contributed by atoms with Gasteiger partial charge < -0.3 is 14.9 Å². The molecule has 0 saturated heterocycles. The lowest BCUT2D eigenvalue weighted by atomic mass is 10.2. The van der Waals surface area contributed by atoms with E-state index >= 15 is 0 Å². The number of carboxylic acids is 1. The summed E-state index contributed by atoms with van der Waals surface area (Å²) in [7, 11) is 1.00. The summed E-state index contributed by atoms with van der Waals surface area (Å²) >= 11 is 0. The molecule has 0 bridgehead atoms. The van der Waals surface area contributed by atoms with E-state index in [0.717, 1.165) is 12.7 Å². The SMILES string of the molecule is CC.CO.O=C(O)c1cccnc1OCc1ccccc1. The van der Waals surface area contributed by atoms with Gasteiger partial charge in [0.25, 0.3) is 0 Å². The minimum absolute atomic E-state index is 0.0726. The number of hydrogen-bond donors (Lipinski definition) is 2. The maximum absolute atomic E-state index is 10.9. The molecule has 0 radical (unpaired) electrons. The Hall–Kier alpha value is -2.40. The van der Waals surface area contributed by atoms with Gasteiger partial charge in [0.2, 0.25) is 5.88 Å². The van der Waals surface area contributed by atoms with E-state index in [-0.39, 0.29) is 11.4 Å². The van der Waals surface area contributed by atoms with Crippen LogP contribution in [0.2, 0.25) is 0 Å². The summed E-state index contributed by atoms with van der Waals surface area (Å²) in [5.74, 6) is -0.898. The lowest BCUT2D eigenvalue weighted by molar-refractivity contribution is 0.0690. The number of nitrogens with zero attached hydrogens (tertiary/aromatic N) is 1. The number of rotatable bonds is 4. The molecule has 1 aromatic carbocycles. The van der Waals surface area contributed by atoms with E-state index < -0.39 is 5.97 Å². The molecule has 1 aromatic heterocycles. The fourth-order valence-electron chi connectivity index (χ4n) is 1.39. The number of pyridine rings is 1. The molecule has 0 aliphatic carbocycles. The number of carbonyl (C=O) groups is 1. The Morgan fingerprint density at radius 3 is 2.29 bits per heavy atom. The Bertz CT molecular complexity index is 515. The predicted octanol–water partition coefficient (Wildman–Crippen LogP) is 2.99. The smallest absolute Gasteiger partial charge is 0.341 e. The van der Waals surface area contributed by atoms with Crippen LogP contribution in [0.15, 0.2) is 48.7 Å². The van der Waals surface area contributed by atoms with Crippen molar-refractivity contribution < 1.29 is 19.7 Å². The zero-order valence-corrected chi connectivity index (χ0v) is 12.5. The second kappa shape index (κ2) is 11.4. The zero-order valence-electron chi connectivity index (χ0n) is 12.5. The molecule has 1 heterocycles. The van der Waals surface area contributed by atoms with Crippen molar-refractivity contribution in [2.75, 3.05) is 7.11 Å². The molecule has 0 spiro atoms. The quantitative estimate of drug-likeness (QED) is 0.905. The van der Waals surface area contributed by atoms with Crippen LogP contribution in [0.5, 0.6) is 5.88 Å². The van der Waals surface area contributed by atoms with E-state index in [2.05, 4.69) is 4.98 Å². The van der Waals surface area contributed by atoms with E-state index in [1.54, 1.807) is 6.07 Å². The molecule has 0 fully saturated rings. The van der Waals surface area contributed by atoms with Crippen LogP contribution in [0, 0.1) is 0 Å². The molecule has 2 N–H and O–H groups in total. The normalized spacial score (nSPS) is 8.57. The monoisotopic (exact) mass is 291 g/mol. The molecule has 0 aliphatic heterocycles. The van der Waals surface area contributed by atoms with Crippen molar-refractivity contribution >= 4 is 5.97 Å². The largest absolute Gasteiger partial charge is 0.477 e. The highest BCUT2D eigenvalue weighted by molar-refractivity contribution is 5.90. The molecular formula is C16H21NO4. The number of aromatic carboxylic acids is 1. The first-order valence-electron chi connectivity index (χ1n) is 6.57. The van der Waals surface area contributed by atoms with Crippen LogP contribution < -0.4 is 4.74 Å². The van der Waals surface area contributed by atoms with Crippen molar-refractivity contribution in [1.29, 1.82) is 0 Å². The molecule has 0 atom stereocenters. The molecule has 0 saturated carbocycles. The number of aliphatic hydroxyl groups is 1. The number of ether oxygens (including phenoxy) is 1. The van der Waals surface area contributed by atoms with Gasteiger partial charge in [-0.25, -0.2) is 9.78 Å². The van der Waals surface area contributed by atoms with Crippen LogP contribution in [0.4, 0.5) is 0 Å². The Morgan fingerprint density at radius 1 is 1.10 bits per heavy atom. The minimum Gasteiger partial charge on any atom is -0.477 e. The van der Waals surface area contributed by atoms with Crippen LogP contribution in [-0.2, 0) is 6.61 Å². The maximum Gasteiger partial charge on any atom is 0.341 e. The maximum atomic E-state index is 10.9. The summed E-state index contributed by atoms with van der Waals surface area (Å²) < 4.78 is 5.39. The standard InChI is InChI=1S/C13H11NO3.C2H6.CH4O/c15-13(16)11-7-4-8-14-12(11)17-9-10-5-2-1-3-6-10;2*1-2/h1-8H,9H2,(H,15,16);1-2H3;2H,1H3. The van der Waals surface area contributed by atoms with Crippen LogP contribution in [0.1, 0.15) is 29.8 Å². The average molecular weight is 291 g/mol. The molecule has 2 rings (SSSR count). The van der Waals surface area contributed by atoms with E-state index in [9.17, 15) is 4.79 Å². The highest BCUT2D eigenvalue weighted by Crippen LogP contribution is 2.15. The van der Waals surface area contributed by atoms with Gasteiger partial charge in [-0.2, -0.15) is 0 Å². The molecule has 5 nitrogen and oxygen atoms in total. The molecule has 2 aromatic rings. The fourth-order valence-corrected chi connectivity index (χ4v) is 1.39. The predicted molar refractivity (Wildman–Crippen MR) is 81.5 cm³/mol. The fraction of sp³-hybridized carbons (Fsp3) is 0.250. The zero-order chi connectivity index (χ0) is 16.1. The van der Waals surface area contributed by atoms with E-state index in [4.69, 9.17) is 14.9 Å². The number of aliphatic hydroxyl groups excluding tert-OH is 1. The molecule has 5 heteroatoms. The number of benzene rings is 1. The lowest BCUT2D eigenvalue weighted by Gasteiger charge is -2.07. The van der Waals surface area contributed by atoms with Gasteiger partial charge in [-0.15, -0.1) is 0 Å². The molecule has 114 valence electrons. The topological polar surface area (TPSA) is 79.7 Å². The Kier molecular flexibility index (Phi) is 10.1. The first-order chi connectivity index (χ1) is 10.3. The Balaban J connectivity index is 0.000000921. The van der Waals surface area contributed by atoms with Crippen molar-refractivity contribution in [2.45, 2.75) is 20.5 Å². The first kappa shape index (κ1) is 18.6. The third-order valence-electron chi connectivity index (χ3n) is 2.22. The second-order valence-corrected chi connectivity index (χ2v) is 3.44. The van der Waals surface area contributed by atoms with Crippen molar-refractivity contribution in [2.24, 2.45) is 0 Å². The highest BCUT2D eigenvalue weighted by Gasteiger charge is 2.11. The number of hydrogen-bond acceptors (Lipinski definition) is 4. The third-order valence-corrected chi connectivity index (χ3v) is 2.22. The molecule has 0 amide bonds. The third kappa shape index (κ3) is 6.54. The van der Waals surface area contributed by atoms with Crippen molar-refractivity contribution in [3.8, 4) is 5.88 Å². The Morgan fingerprint density at radius 2 is 1.71 bits per heavy atom. The van der Waals surface area contributed by atoms with Crippen LogP contribution in [0.3, 0.4) is 0 Å². The molecule has 0 unspecified atom stereocenters. The summed E-state index contributed by atoms with van der Waals surface area (Å²) in [6.07, 6.45) is 1.51. The molecule has 21 heavy (non-hydrogen) atoms. The summed E-state index contributed by atoms with van der Waals surface area (Å²) in [6.45, 7) is 4.30. The second-order valence-electron chi connectivity index (χ2n) is 3.44. The van der Waals surface area contributed by atoms with Gasteiger partial charge in [-0.1, -0.05) is 44.2 Å². The van der Waals surface area contributed by atoms with Crippen LogP contribution in [-0.4, -0.2) is 28.3 Å². The minimum atomic E-state index is -1.04. The van der Waals surface area contributed by atoms with E-state index in [0.29, 0.717) is 6.61 Å². The average Bonchev–Trinajstić information content (AvgIpc) is 2.58. The van der Waals surface area contributed by atoms with Crippen molar-refractivity contribution in [3.63, 3.8) is 0 Å². The van der Waals surface area contributed by atoms with Gasteiger partial charge >= 0.3 is 5.97 Å². The van der Waals surface area contributed by atoms with Crippen molar-refractivity contribution in [3.05, 3.63) is 59.8 Å². The summed E-state index contributed by atoms with van der Waals surface area (Å²) in [5, 5.41) is 15.9. The van der Waals surface area contributed by atoms with Gasteiger partial charge in [0, 0.05) is 13.3 Å². The van der Waals surface area contributed by atoms with Gasteiger partial charge in [0.05, 0.1) is 0 Å². The number of carboxylic acid groups (broad SMARTS) is 1. The van der Waals surface area contributed by atoms with Crippen molar-refractivity contribution in [1.82, 2.24) is 4.98 Å². The first-order valence-corrected chi connectivity index (χ1v) is 6.57. The van der Waals surface area contributed by atoms with Gasteiger partial charge in [0.15, 0.2) is 0 Å². The van der Waals surface area contributed by atoms with E-state index in [1.165, 1.54) is 12.3 Å². The number of aromatic nitrogens is 1. The van der Waals surface area contributed by atoms with Gasteiger partial charge in [-0.3, -0.25) is 0 Å². The lowest BCUT2D eigenvalue weighted by Crippen LogP contribution is -2.04. The molecule has 0 aliphatic rings. The van der Waals surface area contributed by atoms with Crippen LogP contribution in [0.25, 0.3) is 0 Å².